The Balaban J connectivity index is 2.02. The lowest BCUT2D eigenvalue weighted by molar-refractivity contribution is 0.102. The van der Waals surface area contributed by atoms with E-state index in [4.69, 9.17) is 4.74 Å². The number of rotatable bonds is 6. The average molecular weight is 448 g/mol. The van der Waals surface area contributed by atoms with Crippen molar-refractivity contribution in [2.45, 2.75) is 52.6 Å². The maximum Gasteiger partial charge on any atom is 0.119 e. The van der Waals surface area contributed by atoms with E-state index in [0.717, 1.165) is 32.9 Å². The molecule has 0 saturated heterocycles. The first-order valence-corrected chi connectivity index (χ1v) is 11.0. The van der Waals surface area contributed by atoms with Gasteiger partial charge in [0.15, 0.2) is 0 Å². The molecule has 33 heavy (non-hydrogen) atoms. The fourth-order valence-electron chi connectivity index (χ4n) is 3.43. The zero-order chi connectivity index (χ0) is 24.4. The second-order valence-electron chi connectivity index (χ2n) is 10.00. The summed E-state index contributed by atoms with van der Waals surface area (Å²) >= 11 is 0. The Labute approximate surface area is 197 Å². The molecule has 0 atom stereocenters. The highest BCUT2D eigenvalue weighted by Crippen LogP contribution is 2.37. The maximum atomic E-state index is 12.6. The molecule has 3 rings (SSSR count). The first-order valence-electron chi connectivity index (χ1n) is 11.0. The van der Waals surface area contributed by atoms with Crippen LogP contribution in [0.5, 0.6) is 5.75 Å². The van der Waals surface area contributed by atoms with E-state index in [1.165, 1.54) is 0 Å². The predicted molar refractivity (Wildman–Crippen MR) is 134 cm³/mol. The summed E-state index contributed by atoms with van der Waals surface area (Å²) in [5.74, 6) is 0.767. The molecule has 0 aliphatic rings. The molecule has 0 saturated carbocycles. The molecule has 0 N–H and O–H groups in total. The van der Waals surface area contributed by atoms with Gasteiger partial charge in [-0.15, -0.1) is 0 Å². The number of hydroxylamine groups is 2. The summed E-state index contributed by atoms with van der Waals surface area (Å²) in [6, 6.07) is 22.8. The van der Waals surface area contributed by atoms with Crippen molar-refractivity contribution >= 4 is 28.4 Å². The largest absolute Gasteiger partial charge is 0.497 e. The highest BCUT2D eigenvalue weighted by Gasteiger charge is 2.23. The monoisotopic (exact) mass is 447 g/mol. The smallest absolute Gasteiger partial charge is 0.119 e. The fourth-order valence-corrected chi connectivity index (χ4v) is 3.43. The van der Waals surface area contributed by atoms with Crippen molar-refractivity contribution in [2.75, 3.05) is 22.1 Å². The van der Waals surface area contributed by atoms with Gasteiger partial charge in [0.05, 0.1) is 29.6 Å². The van der Waals surface area contributed by atoms with Crippen molar-refractivity contribution in [3.8, 4) is 5.75 Å². The molecule has 0 unspecified atom stereocenters. The number of nitrogens with zero attached hydrogens (tertiary/aromatic N) is 3. The number of methoxy groups -OCH3 is 1. The minimum absolute atomic E-state index is 0.524. The van der Waals surface area contributed by atoms with Crippen LogP contribution >= 0.6 is 0 Å². The Morgan fingerprint density at radius 3 is 1.06 bits per heavy atom. The molecular weight excluding hydrogens is 414 g/mol. The van der Waals surface area contributed by atoms with Gasteiger partial charge in [0.1, 0.15) is 5.75 Å². The number of ether oxygens (including phenoxy) is 1. The van der Waals surface area contributed by atoms with Gasteiger partial charge >= 0.3 is 0 Å². The Hall–Kier alpha value is -3.22. The molecule has 0 amide bonds. The topological polar surface area (TPSA) is 58.8 Å². The van der Waals surface area contributed by atoms with E-state index in [2.05, 4.69) is 4.90 Å². The summed E-state index contributed by atoms with van der Waals surface area (Å²) < 4.78 is 5.31. The van der Waals surface area contributed by atoms with E-state index in [1.807, 2.05) is 114 Å². The van der Waals surface area contributed by atoms with Crippen LogP contribution in [0.3, 0.4) is 0 Å². The van der Waals surface area contributed by atoms with Gasteiger partial charge in [0.25, 0.3) is 0 Å². The first-order chi connectivity index (χ1) is 15.4. The molecule has 0 aliphatic heterocycles. The number of hydrogen-bond acceptors (Lipinski definition) is 4. The first kappa shape index (κ1) is 24.4. The normalized spacial score (nSPS) is 11.8. The molecule has 0 heterocycles. The lowest BCUT2D eigenvalue weighted by Gasteiger charge is -2.31. The SMILES string of the molecule is COc1ccc(N(c2ccc(N([O])C(C)(C)C)cc2)c2ccc(N([O])C(C)(C)C)cc2)cc1. The van der Waals surface area contributed by atoms with Crippen LogP contribution < -0.4 is 19.8 Å². The lowest BCUT2D eigenvalue weighted by atomic mass is 10.1. The molecule has 6 heteroatoms. The minimum atomic E-state index is -0.524. The van der Waals surface area contributed by atoms with Crippen LogP contribution in [0.25, 0.3) is 0 Å². The zero-order valence-corrected chi connectivity index (χ0v) is 20.5. The van der Waals surface area contributed by atoms with E-state index < -0.39 is 11.1 Å². The average Bonchev–Trinajstić information content (AvgIpc) is 2.78. The number of hydrogen-bond donors (Lipinski definition) is 0. The Kier molecular flexibility index (Phi) is 6.91. The lowest BCUT2D eigenvalue weighted by Crippen LogP contribution is -2.37. The molecule has 0 aliphatic carbocycles. The highest BCUT2D eigenvalue weighted by molar-refractivity contribution is 5.78. The molecule has 6 nitrogen and oxygen atoms in total. The summed E-state index contributed by atoms with van der Waals surface area (Å²) in [4.78, 5) is 2.07. The van der Waals surface area contributed by atoms with Crippen LogP contribution in [0.15, 0.2) is 72.8 Å². The van der Waals surface area contributed by atoms with Gasteiger partial charge in [0.2, 0.25) is 0 Å². The third-order valence-electron chi connectivity index (χ3n) is 5.23. The van der Waals surface area contributed by atoms with Crippen LogP contribution in [0.2, 0.25) is 0 Å². The molecule has 174 valence electrons. The summed E-state index contributed by atoms with van der Waals surface area (Å²) in [5, 5.41) is 27.2. The van der Waals surface area contributed by atoms with E-state index in [9.17, 15) is 10.4 Å². The van der Waals surface area contributed by atoms with E-state index in [0.29, 0.717) is 11.4 Å². The van der Waals surface area contributed by atoms with E-state index in [1.54, 1.807) is 7.11 Å². The highest BCUT2D eigenvalue weighted by atomic mass is 16.5. The predicted octanol–water partition coefficient (Wildman–Crippen LogP) is 7.07. The summed E-state index contributed by atoms with van der Waals surface area (Å²) in [5.41, 5.74) is 2.88. The van der Waals surface area contributed by atoms with Crippen LogP contribution in [-0.4, -0.2) is 18.2 Å². The van der Waals surface area contributed by atoms with Crippen LogP contribution in [0, 0.1) is 0 Å². The van der Waals surface area contributed by atoms with Crippen molar-refractivity contribution in [3.63, 3.8) is 0 Å². The third-order valence-corrected chi connectivity index (χ3v) is 5.23. The van der Waals surface area contributed by atoms with Gasteiger partial charge in [-0.2, -0.15) is 0 Å². The van der Waals surface area contributed by atoms with Crippen LogP contribution in [-0.2, 0) is 10.4 Å². The molecule has 0 fully saturated rings. The van der Waals surface area contributed by atoms with Gasteiger partial charge in [-0.3, -0.25) is 0 Å². The zero-order valence-electron chi connectivity index (χ0n) is 20.5. The Bertz CT molecular complexity index is 971. The van der Waals surface area contributed by atoms with Gasteiger partial charge in [-0.25, -0.2) is 10.1 Å². The van der Waals surface area contributed by atoms with Crippen LogP contribution in [0.1, 0.15) is 41.5 Å². The van der Waals surface area contributed by atoms with E-state index in [-0.39, 0.29) is 0 Å². The molecule has 2 radical (unpaired) electrons. The molecule has 0 spiro atoms. The molecular formula is C27H33N3O3. The Morgan fingerprint density at radius 1 is 0.515 bits per heavy atom. The van der Waals surface area contributed by atoms with Crippen molar-refractivity contribution in [1.29, 1.82) is 0 Å². The van der Waals surface area contributed by atoms with Gasteiger partial charge in [-0.05, 0) is 114 Å². The summed E-state index contributed by atoms with van der Waals surface area (Å²) in [6.45, 7) is 11.3. The van der Waals surface area contributed by atoms with E-state index >= 15 is 0 Å². The fraction of sp³-hybridized carbons (Fsp3) is 0.333. The van der Waals surface area contributed by atoms with Crippen molar-refractivity contribution in [1.82, 2.24) is 0 Å². The number of benzene rings is 3. The van der Waals surface area contributed by atoms with Crippen molar-refractivity contribution in [2.24, 2.45) is 0 Å². The van der Waals surface area contributed by atoms with Gasteiger partial charge in [0, 0.05) is 17.1 Å². The van der Waals surface area contributed by atoms with Crippen molar-refractivity contribution < 1.29 is 15.2 Å². The molecule has 3 aromatic rings. The second-order valence-corrected chi connectivity index (χ2v) is 10.00. The van der Waals surface area contributed by atoms with Crippen LogP contribution in [0.4, 0.5) is 28.4 Å². The second kappa shape index (κ2) is 9.33. The standard InChI is InChI=1S/C27H33N3O3/c1-26(2,3)29(31)23-12-8-20(9-13-23)28(22-16-18-25(33-7)19-17-22)21-10-14-24(15-11-21)30(32)27(4,5)6/h8-19H,1-7H3. The summed E-state index contributed by atoms with van der Waals surface area (Å²) in [6.07, 6.45) is 0. The minimum Gasteiger partial charge on any atom is -0.497 e. The number of anilines is 5. The molecule has 0 aromatic heterocycles. The molecule has 3 aromatic carbocycles. The third kappa shape index (κ3) is 5.59. The van der Waals surface area contributed by atoms with Gasteiger partial charge < -0.3 is 9.64 Å². The quantitative estimate of drug-likeness (QED) is 0.379. The molecule has 0 bridgehead atoms. The Morgan fingerprint density at radius 2 is 0.788 bits per heavy atom. The summed E-state index contributed by atoms with van der Waals surface area (Å²) in [7, 11) is 1.64. The van der Waals surface area contributed by atoms with Crippen molar-refractivity contribution in [3.05, 3.63) is 72.8 Å². The maximum absolute atomic E-state index is 12.6. The van der Waals surface area contributed by atoms with Gasteiger partial charge in [-0.1, -0.05) is 10.4 Å².